The van der Waals surface area contributed by atoms with Crippen LogP contribution in [0, 0.1) is 18.6 Å². The number of aryl methyl sites for hydroxylation is 1. The minimum absolute atomic E-state index is 0.103. The van der Waals surface area contributed by atoms with E-state index in [2.05, 4.69) is 4.98 Å². The number of aromatic nitrogens is 1. The first-order chi connectivity index (χ1) is 10.5. The van der Waals surface area contributed by atoms with Crippen LogP contribution in [-0.2, 0) is 4.79 Å². The summed E-state index contributed by atoms with van der Waals surface area (Å²) in [5.74, 6) is -1.10. The lowest BCUT2D eigenvalue weighted by atomic mass is 10.1. The molecule has 3 nitrogen and oxygen atoms in total. The smallest absolute Gasteiger partial charge is 0.242 e. The molecule has 1 aromatic carbocycles. The minimum Gasteiger partial charge on any atom is -0.279 e. The molecule has 0 unspecified atom stereocenters. The van der Waals surface area contributed by atoms with Gasteiger partial charge in [0, 0.05) is 5.69 Å². The van der Waals surface area contributed by atoms with Crippen molar-refractivity contribution in [3.8, 4) is 0 Å². The number of anilines is 1. The molecule has 0 aliphatic carbocycles. The number of rotatable bonds is 2. The molecule has 6 heteroatoms. The van der Waals surface area contributed by atoms with Crippen LogP contribution in [-0.4, -0.2) is 16.1 Å². The largest absolute Gasteiger partial charge is 0.279 e. The highest BCUT2D eigenvalue weighted by Gasteiger charge is 2.42. The van der Waals surface area contributed by atoms with Gasteiger partial charge in [-0.25, -0.2) is 13.8 Å². The summed E-state index contributed by atoms with van der Waals surface area (Å²) in [6, 6.07) is 8.97. The van der Waals surface area contributed by atoms with Crippen LogP contribution in [0.5, 0.6) is 0 Å². The van der Waals surface area contributed by atoms with Gasteiger partial charge in [-0.05, 0) is 38.1 Å². The van der Waals surface area contributed by atoms with Crippen molar-refractivity contribution in [2.45, 2.75) is 24.5 Å². The van der Waals surface area contributed by atoms with Gasteiger partial charge in [0.05, 0.1) is 10.8 Å². The fourth-order valence-electron chi connectivity index (χ4n) is 2.46. The van der Waals surface area contributed by atoms with E-state index in [0.717, 1.165) is 5.69 Å². The predicted molar refractivity (Wildman–Crippen MR) is 82.6 cm³/mol. The maximum Gasteiger partial charge on any atom is 0.242 e. The van der Waals surface area contributed by atoms with Gasteiger partial charge in [0.25, 0.3) is 0 Å². The predicted octanol–water partition coefficient (Wildman–Crippen LogP) is 3.84. The number of thioether (sulfide) groups is 1. The van der Waals surface area contributed by atoms with Gasteiger partial charge in [-0.15, -0.1) is 11.8 Å². The standard InChI is InChI=1S/C16H14F2N2OS/c1-9-5-3-8-13(19-9)20-15(21)10(2)22-16(20)14-11(17)6-4-7-12(14)18/h3-8,10,16H,1-2H3/t10-,16+/m1/s1. The number of benzene rings is 1. The van der Waals surface area contributed by atoms with Crippen LogP contribution in [0.4, 0.5) is 14.6 Å². The first kappa shape index (κ1) is 15.0. The summed E-state index contributed by atoms with van der Waals surface area (Å²) in [7, 11) is 0. The van der Waals surface area contributed by atoms with Crippen molar-refractivity contribution >= 4 is 23.5 Å². The third-order valence-electron chi connectivity index (χ3n) is 3.52. The van der Waals surface area contributed by atoms with Crippen LogP contribution in [0.2, 0.25) is 0 Å². The van der Waals surface area contributed by atoms with E-state index < -0.39 is 17.0 Å². The number of carbonyl (C=O) groups is 1. The summed E-state index contributed by atoms with van der Waals surface area (Å²) in [5, 5.41) is -1.13. The minimum atomic E-state index is -0.752. The summed E-state index contributed by atoms with van der Waals surface area (Å²) < 4.78 is 28.2. The van der Waals surface area contributed by atoms with Crippen LogP contribution < -0.4 is 4.90 Å². The van der Waals surface area contributed by atoms with Crippen molar-refractivity contribution in [2.24, 2.45) is 0 Å². The Morgan fingerprint density at radius 3 is 2.41 bits per heavy atom. The van der Waals surface area contributed by atoms with Crippen molar-refractivity contribution in [1.82, 2.24) is 4.98 Å². The molecule has 1 fully saturated rings. The van der Waals surface area contributed by atoms with Gasteiger partial charge < -0.3 is 0 Å². The topological polar surface area (TPSA) is 33.2 Å². The second kappa shape index (κ2) is 5.68. The molecule has 3 rings (SSSR count). The molecule has 1 saturated heterocycles. The van der Waals surface area contributed by atoms with Crippen molar-refractivity contribution in [1.29, 1.82) is 0 Å². The number of nitrogens with zero attached hydrogens (tertiary/aromatic N) is 2. The Hall–Kier alpha value is -1.95. The fourth-order valence-corrected chi connectivity index (χ4v) is 3.78. The lowest BCUT2D eigenvalue weighted by molar-refractivity contribution is -0.117. The lowest BCUT2D eigenvalue weighted by Crippen LogP contribution is -2.31. The van der Waals surface area contributed by atoms with E-state index in [1.165, 1.54) is 34.9 Å². The summed E-state index contributed by atoms with van der Waals surface area (Å²) in [4.78, 5) is 18.1. The van der Waals surface area contributed by atoms with Crippen molar-refractivity contribution in [2.75, 3.05) is 4.90 Å². The highest BCUT2D eigenvalue weighted by Crippen LogP contribution is 2.46. The molecule has 22 heavy (non-hydrogen) atoms. The first-order valence-electron chi connectivity index (χ1n) is 6.85. The second-order valence-corrected chi connectivity index (χ2v) is 6.54. The average Bonchev–Trinajstić information content (AvgIpc) is 2.74. The number of hydrogen-bond acceptors (Lipinski definition) is 3. The molecule has 0 spiro atoms. The van der Waals surface area contributed by atoms with E-state index in [4.69, 9.17) is 0 Å². The van der Waals surface area contributed by atoms with Gasteiger partial charge in [-0.2, -0.15) is 0 Å². The van der Waals surface area contributed by atoms with Crippen molar-refractivity contribution in [3.05, 3.63) is 59.3 Å². The molecule has 0 radical (unpaired) electrons. The summed E-state index contributed by atoms with van der Waals surface area (Å²) in [6.45, 7) is 3.54. The van der Waals surface area contributed by atoms with E-state index in [9.17, 15) is 13.6 Å². The van der Waals surface area contributed by atoms with E-state index in [0.29, 0.717) is 5.82 Å². The quantitative estimate of drug-likeness (QED) is 0.843. The van der Waals surface area contributed by atoms with Crippen LogP contribution in [0.1, 0.15) is 23.6 Å². The van der Waals surface area contributed by atoms with Crippen molar-refractivity contribution in [3.63, 3.8) is 0 Å². The molecule has 1 aromatic heterocycles. The molecular weight excluding hydrogens is 306 g/mol. The average molecular weight is 320 g/mol. The third kappa shape index (κ3) is 2.47. The number of pyridine rings is 1. The zero-order valence-corrected chi connectivity index (χ0v) is 12.9. The van der Waals surface area contributed by atoms with E-state index >= 15 is 0 Å². The van der Waals surface area contributed by atoms with E-state index in [1.54, 1.807) is 32.0 Å². The zero-order chi connectivity index (χ0) is 15.9. The SMILES string of the molecule is Cc1cccc(N2C(=O)[C@@H](C)S[C@H]2c2c(F)cccc2F)n1. The summed E-state index contributed by atoms with van der Waals surface area (Å²) >= 11 is 1.22. The van der Waals surface area contributed by atoms with Gasteiger partial charge in [0.2, 0.25) is 5.91 Å². The molecule has 2 atom stereocenters. The third-order valence-corrected chi connectivity index (χ3v) is 4.83. The maximum atomic E-state index is 14.1. The van der Waals surface area contributed by atoms with E-state index in [-0.39, 0.29) is 16.7 Å². The molecule has 0 N–H and O–H groups in total. The molecule has 1 aliphatic rings. The van der Waals surface area contributed by atoms with E-state index in [1.807, 2.05) is 0 Å². The van der Waals surface area contributed by atoms with Crippen molar-refractivity contribution < 1.29 is 13.6 Å². The zero-order valence-electron chi connectivity index (χ0n) is 12.1. The molecule has 0 bridgehead atoms. The molecule has 1 amide bonds. The monoisotopic (exact) mass is 320 g/mol. The molecule has 2 aromatic rings. The van der Waals surface area contributed by atoms with Gasteiger partial charge in [0.15, 0.2) is 0 Å². The molecular formula is C16H14F2N2OS. The first-order valence-corrected chi connectivity index (χ1v) is 7.79. The number of amides is 1. The Balaban J connectivity index is 2.11. The maximum absolute atomic E-state index is 14.1. The lowest BCUT2D eigenvalue weighted by Gasteiger charge is -2.24. The highest BCUT2D eigenvalue weighted by atomic mass is 32.2. The van der Waals surface area contributed by atoms with Gasteiger partial charge in [-0.3, -0.25) is 9.69 Å². The number of hydrogen-bond donors (Lipinski definition) is 0. The number of halogens is 2. The highest BCUT2D eigenvalue weighted by molar-refractivity contribution is 8.01. The Morgan fingerprint density at radius 1 is 1.14 bits per heavy atom. The Morgan fingerprint density at radius 2 is 1.77 bits per heavy atom. The summed E-state index contributed by atoms with van der Waals surface area (Å²) in [6.07, 6.45) is 0. The summed E-state index contributed by atoms with van der Waals surface area (Å²) in [5.41, 5.74) is 0.635. The van der Waals surface area contributed by atoms with Crippen LogP contribution in [0.3, 0.4) is 0 Å². The normalized spacial score (nSPS) is 21.5. The molecule has 1 aliphatic heterocycles. The van der Waals surface area contributed by atoms with Crippen LogP contribution in [0.25, 0.3) is 0 Å². The Kier molecular flexibility index (Phi) is 3.87. The molecule has 2 heterocycles. The van der Waals surface area contributed by atoms with Gasteiger partial charge in [-0.1, -0.05) is 12.1 Å². The Labute approximate surface area is 131 Å². The van der Waals surface area contributed by atoms with Gasteiger partial charge >= 0.3 is 0 Å². The van der Waals surface area contributed by atoms with Gasteiger partial charge in [0.1, 0.15) is 22.8 Å². The van der Waals surface area contributed by atoms with Crippen LogP contribution in [0.15, 0.2) is 36.4 Å². The van der Waals surface area contributed by atoms with Crippen LogP contribution >= 0.6 is 11.8 Å². The second-order valence-electron chi connectivity index (χ2n) is 5.11. The molecule has 0 saturated carbocycles. The number of carbonyl (C=O) groups excluding carboxylic acids is 1. The Bertz CT molecular complexity index is 718. The fraction of sp³-hybridized carbons (Fsp3) is 0.250. The molecule has 114 valence electrons.